The fourth-order valence-electron chi connectivity index (χ4n) is 3.09. The van der Waals surface area contributed by atoms with Crippen molar-refractivity contribution in [1.82, 2.24) is 4.98 Å². The Bertz CT molecular complexity index is 1160. The van der Waals surface area contributed by atoms with Crippen LogP contribution in [0.15, 0.2) is 84.9 Å². The van der Waals surface area contributed by atoms with Crippen LogP contribution < -0.4 is 9.47 Å². The van der Waals surface area contributed by atoms with Crippen LogP contribution in [0.4, 0.5) is 0 Å². The maximum Gasteiger partial charge on any atom is 0.307 e. The molecule has 0 spiro atoms. The second-order valence-electron chi connectivity index (χ2n) is 6.93. The normalized spacial score (nSPS) is 10.7. The Labute approximate surface area is 174 Å². The maximum atomic E-state index is 10.8. The number of hydrogen-bond acceptors (Lipinski definition) is 4. The first-order valence-corrected chi connectivity index (χ1v) is 9.66. The highest BCUT2D eigenvalue weighted by atomic mass is 16.5. The van der Waals surface area contributed by atoms with Crippen molar-refractivity contribution in [2.24, 2.45) is 0 Å². The molecule has 0 saturated carbocycles. The summed E-state index contributed by atoms with van der Waals surface area (Å²) in [6.07, 6.45) is 0.0204. The van der Waals surface area contributed by atoms with Crippen molar-refractivity contribution in [3.63, 3.8) is 0 Å². The molecular weight excluding hydrogens is 378 g/mol. The molecule has 1 aromatic heterocycles. The minimum Gasteiger partial charge on any atom is -0.489 e. The molecule has 0 aliphatic carbocycles. The standard InChI is InChI=1S/C25H21NO4/c27-25(28)14-18-8-10-19(11-9-18)16-29-22-5-3-6-23(15-22)30-17-21-13-12-20-4-1-2-7-24(20)26-21/h1-13,15H,14,16-17H2,(H,27,28). The zero-order valence-electron chi connectivity index (χ0n) is 16.3. The Morgan fingerprint density at radius 1 is 0.767 bits per heavy atom. The van der Waals surface area contributed by atoms with E-state index in [4.69, 9.17) is 14.6 Å². The molecule has 4 aromatic rings. The Morgan fingerprint density at radius 3 is 2.23 bits per heavy atom. The van der Waals surface area contributed by atoms with Crippen LogP contribution >= 0.6 is 0 Å². The third-order valence-corrected chi connectivity index (χ3v) is 4.63. The van der Waals surface area contributed by atoms with Crippen molar-refractivity contribution in [3.05, 3.63) is 102 Å². The molecule has 0 aliphatic heterocycles. The number of rotatable bonds is 8. The molecule has 4 rings (SSSR count). The molecule has 3 aromatic carbocycles. The van der Waals surface area contributed by atoms with Crippen molar-refractivity contribution >= 4 is 16.9 Å². The molecule has 150 valence electrons. The molecule has 0 radical (unpaired) electrons. The number of nitrogens with zero attached hydrogens (tertiary/aromatic N) is 1. The van der Waals surface area contributed by atoms with Crippen molar-refractivity contribution in [2.75, 3.05) is 0 Å². The van der Waals surface area contributed by atoms with Crippen molar-refractivity contribution in [1.29, 1.82) is 0 Å². The average Bonchev–Trinajstić information content (AvgIpc) is 2.77. The molecule has 5 heteroatoms. The van der Waals surface area contributed by atoms with E-state index in [0.717, 1.165) is 27.7 Å². The van der Waals surface area contributed by atoms with E-state index in [2.05, 4.69) is 4.98 Å². The smallest absolute Gasteiger partial charge is 0.307 e. The highest BCUT2D eigenvalue weighted by Gasteiger charge is 2.04. The lowest BCUT2D eigenvalue weighted by Crippen LogP contribution is -2.01. The summed E-state index contributed by atoms with van der Waals surface area (Å²) in [4.78, 5) is 15.4. The number of aliphatic carboxylic acids is 1. The Hall–Kier alpha value is -3.86. The summed E-state index contributed by atoms with van der Waals surface area (Å²) >= 11 is 0. The molecule has 0 amide bonds. The SMILES string of the molecule is O=C(O)Cc1ccc(COc2cccc(OCc3ccc4ccccc4n3)c2)cc1. The van der Waals surface area contributed by atoms with Gasteiger partial charge in [-0.05, 0) is 35.4 Å². The lowest BCUT2D eigenvalue weighted by molar-refractivity contribution is -0.136. The monoisotopic (exact) mass is 399 g/mol. The first-order valence-electron chi connectivity index (χ1n) is 9.66. The number of carboxylic acids is 1. The summed E-state index contributed by atoms with van der Waals surface area (Å²) in [5.41, 5.74) is 3.55. The number of fused-ring (bicyclic) bond motifs is 1. The highest BCUT2D eigenvalue weighted by Crippen LogP contribution is 2.22. The molecule has 0 atom stereocenters. The topological polar surface area (TPSA) is 68.7 Å². The van der Waals surface area contributed by atoms with Gasteiger partial charge in [0, 0.05) is 11.5 Å². The molecule has 0 bridgehead atoms. The minimum atomic E-state index is -0.838. The minimum absolute atomic E-state index is 0.0204. The summed E-state index contributed by atoms with van der Waals surface area (Å²) < 4.78 is 11.7. The number of hydrogen-bond donors (Lipinski definition) is 1. The Kier molecular flexibility index (Phi) is 5.90. The fourth-order valence-corrected chi connectivity index (χ4v) is 3.09. The first-order chi connectivity index (χ1) is 14.7. The second kappa shape index (κ2) is 9.09. The van der Waals surface area contributed by atoms with Gasteiger partial charge in [-0.1, -0.05) is 54.6 Å². The van der Waals surface area contributed by atoms with Gasteiger partial charge in [-0.2, -0.15) is 0 Å². The number of ether oxygens (including phenoxy) is 2. The van der Waals surface area contributed by atoms with Gasteiger partial charge in [-0.25, -0.2) is 4.98 Å². The van der Waals surface area contributed by atoms with Gasteiger partial charge in [0.05, 0.1) is 17.6 Å². The molecule has 1 heterocycles. The average molecular weight is 399 g/mol. The van der Waals surface area contributed by atoms with E-state index in [1.807, 2.05) is 84.9 Å². The van der Waals surface area contributed by atoms with Crippen molar-refractivity contribution < 1.29 is 19.4 Å². The predicted octanol–water partition coefficient (Wildman–Crippen LogP) is 5.02. The van der Waals surface area contributed by atoms with Crippen LogP contribution in [0.3, 0.4) is 0 Å². The highest BCUT2D eigenvalue weighted by molar-refractivity contribution is 5.78. The van der Waals surface area contributed by atoms with Crippen LogP contribution in [0.2, 0.25) is 0 Å². The summed E-state index contributed by atoms with van der Waals surface area (Å²) in [5.74, 6) is 0.572. The van der Waals surface area contributed by atoms with E-state index in [1.165, 1.54) is 0 Å². The third-order valence-electron chi connectivity index (χ3n) is 4.63. The van der Waals surface area contributed by atoms with Crippen LogP contribution in [-0.2, 0) is 24.4 Å². The summed E-state index contributed by atoms with van der Waals surface area (Å²) in [5, 5.41) is 9.94. The van der Waals surface area contributed by atoms with Gasteiger partial charge in [0.15, 0.2) is 0 Å². The van der Waals surface area contributed by atoms with E-state index in [0.29, 0.717) is 24.7 Å². The van der Waals surface area contributed by atoms with Crippen molar-refractivity contribution in [2.45, 2.75) is 19.6 Å². The molecule has 1 N–H and O–H groups in total. The van der Waals surface area contributed by atoms with Crippen molar-refractivity contribution in [3.8, 4) is 11.5 Å². The van der Waals surface area contributed by atoms with E-state index >= 15 is 0 Å². The van der Waals surface area contributed by atoms with Crippen LogP contribution in [0, 0.1) is 0 Å². The van der Waals surface area contributed by atoms with E-state index in [-0.39, 0.29) is 6.42 Å². The van der Waals surface area contributed by atoms with Gasteiger partial charge in [0.2, 0.25) is 0 Å². The van der Waals surface area contributed by atoms with Crippen LogP contribution in [-0.4, -0.2) is 16.1 Å². The van der Waals surface area contributed by atoms with E-state index in [9.17, 15) is 4.79 Å². The molecule has 0 saturated heterocycles. The van der Waals surface area contributed by atoms with Gasteiger partial charge in [0.25, 0.3) is 0 Å². The van der Waals surface area contributed by atoms with Gasteiger partial charge >= 0.3 is 5.97 Å². The van der Waals surface area contributed by atoms with E-state index < -0.39 is 5.97 Å². The summed E-state index contributed by atoms with van der Waals surface area (Å²) in [6.45, 7) is 0.766. The Morgan fingerprint density at radius 2 is 1.47 bits per heavy atom. The zero-order chi connectivity index (χ0) is 20.8. The van der Waals surface area contributed by atoms with Crippen LogP contribution in [0.5, 0.6) is 11.5 Å². The molecule has 0 fully saturated rings. The van der Waals surface area contributed by atoms with Gasteiger partial charge in [-0.3, -0.25) is 4.79 Å². The first kappa shape index (κ1) is 19.5. The van der Waals surface area contributed by atoms with Crippen LogP contribution in [0.1, 0.15) is 16.8 Å². The summed E-state index contributed by atoms with van der Waals surface area (Å²) in [6, 6.07) is 26.9. The quantitative estimate of drug-likeness (QED) is 0.451. The maximum absolute atomic E-state index is 10.8. The zero-order valence-corrected chi connectivity index (χ0v) is 16.3. The van der Waals surface area contributed by atoms with Gasteiger partial charge in [0.1, 0.15) is 24.7 Å². The number of para-hydroxylation sites is 1. The predicted molar refractivity (Wildman–Crippen MR) is 115 cm³/mol. The van der Waals surface area contributed by atoms with Gasteiger partial charge < -0.3 is 14.6 Å². The molecule has 0 unspecified atom stereocenters. The number of carbonyl (C=O) groups is 1. The largest absolute Gasteiger partial charge is 0.489 e. The van der Waals surface area contributed by atoms with Crippen LogP contribution in [0.25, 0.3) is 10.9 Å². The number of aromatic nitrogens is 1. The molecule has 0 aliphatic rings. The number of pyridine rings is 1. The molecule has 5 nitrogen and oxygen atoms in total. The lowest BCUT2D eigenvalue weighted by atomic mass is 10.1. The molecular formula is C25H21NO4. The van der Waals surface area contributed by atoms with Gasteiger partial charge in [-0.15, -0.1) is 0 Å². The number of carboxylic acid groups (broad SMARTS) is 1. The third kappa shape index (κ3) is 5.14. The number of benzene rings is 3. The Balaban J connectivity index is 1.34. The second-order valence-corrected chi connectivity index (χ2v) is 6.93. The fraction of sp³-hybridized carbons (Fsp3) is 0.120. The molecule has 30 heavy (non-hydrogen) atoms. The lowest BCUT2D eigenvalue weighted by Gasteiger charge is -2.10. The van der Waals surface area contributed by atoms with E-state index in [1.54, 1.807) is 0 Å². The summed E-state index contributed by atoms with van der Waals surface area (Å²) in [7, 11) is 0.